The Hall–Kier alpha value is -3.12. The first kappa shape index (κ1) is 23.1. The van der Waals surface area contributed by atoms with E-state index < -0.39 is 10.0 Å². The van der Waals surface area contributed by atoms with Crippen LogP contribution in [0.1, 0.15) is 24.0 Å². The average Bonchev–Trinajstić information content (AvgIpc) is 2.84. The Labute approximate surface area is 196 Å². The topological polar surface area (TPSA) is 57.7 Å². The summed E-state index contributed by atoms with van der Waals surface area (Å²) in [6.07, 6.45) is 2.87. The molecule has 1 aliphatic rings. The van der Waals surface area contributed by atoms with Gasteiger partial charge in [-0.2, -0.15) is 0 Å². The fourth-order valence-corrected chi connectivity index (χ4v) is 5.72. The summed E-state index contributed by atoms with van der Waals surface area (Å²) in [6.45, 7) is 3.02. The van der Waals surface area contributed by atoms with Crippen molar-refractivity contribution in [2.45, 2.75) is 31.1 Å². The number of hydrogen-bond acceptors (Lipinski definition) is 3. The Bertz CT molecular complexity index is 1160. The Balaban J connectivity index is 1.47. The maximum absolute atomic E-state index is 13.5. The Morgan fingerprint density at radius 3 is 2.06 bits per heavy atom. The molecule has 5 nitrogen and oxygen atoms in total. The van der Waals surface area contributed by atoms with E-state index in [4.69, 9.17) is 0 Å². The maximum Gasteiger partial charge on any atom is 0.264 e. The molecule has 1 saturated heterocycles. The van der Waals surface area contributed by atoms with Gasteiger partial charge >= 0.3 is 0 Å². The summed E-state index contributed by atoms with van der Waals surface area (Å²) in [7, 11) is -3.87. The van der Waals surface area contributed by atoms with Crippen molar-refractivity contribution >= 4 is 21.6 Å². The quantitative estimate of drug-likeness (QED) is 0.513. The van der Waals surface area contributed by atoms with E-state index in [1.54, 1.807) is 48.5 Å². The summed E-state index contributed by atoms with van der Waals surface area (Å²) in [4.78, 5) is 15.2. The number of nitrogens with zero attached hydrogens (tertiary/aromatic N) is 2. The zero-order chi connectivity index (χ0) is 23.3. The van der Waals surface area contributed by atoms with E-state index in [2.05, 4.69) is 24.3 Å². The van der Waals surface area contributed by atoms with Crippen molar-refractivity contribution in [2.24, 2.45) is 5.92 Å². The second-order valence-corrected chi connectivity index (χ2v) is 10.5. The van der Waals surface area contributed by atoms with Gasteiger partial charge in [0.15, 0.2) is 0 Å². The minimum absolute atomic E-state index is 0.160. The fraction of sp³-hybridized carbons (Fsp3) is 0.296. The number of hydrogen-bond donors (Lipinski definition) is 0. The van der Waals surface area contributed by atoms with Gasteiger partial charge in [-0.05, 0) is 61.9 Å². The fourth-order valence-electron chi connectivity index (χ4n) is 4.30. The molecule has 0 radical (unpaired) electrons. The minimum atomic E-state index is -3.87. The molecule has 3 aromatic carbocycles. The van der Waals surface area contributed by atoms with Gasteiger partial charge in [0.1, 0.15) is 6.54 Å². The summed E-state index contributed by atoms with van der Waals surface area (Å²) in [5.41, 5.74) is 2.79. The number of rotatable bonds is 7. The molecular formula is C27H30N2O3S. The van der Waals surface area contributed by atoms with Gasteiger partial charge in [0.25, 0.3) is 10.0 Å². The molecule has 0 atom stereocenters. The van der Waals surface area contributed by atoms with Gasteiger partial charge in [0.2, 0.25) is 5.91 Å². The molecule has 1 fully saturated rings. The van der Waals surface area contributed by atoms with Crippen molar-refractivity contribution in [3.63, 3.8) is 0 Å². The highest BCUT2D eigenvalue weighted by molar-refractivity contribution is 7.92. The van der Waals surface area contributed by atoms with Crippen LogP contribution in [0.2, 0.25) is 0 Å². The summed E-state index contributed by atoms with van der Waals surface area (Å²) in [5, 5.41) is 0. The molecule has 0 N–H and O–H groups in total. The SMILES string of the molecule is Cc1ccc(S(=O)(=O)N(CC(=O)N2CCC(Cc3ccccc3)CC2)c2ccccc2)cc1. The number of benzene rings is 3. The van der Waals surface area contributed by atoms with Crippen molar-refractivity contribution in [1.82, 2.24) is 4.90 Å². The molecule has 0 bridgehead atoms. The smallest absolute Gasteiger partial charge is 0.264 e. The highest BCUT2D eigenvalue weighted by Gasteiger charge is 2.30. The molecular weight excluding hydrogens is 432 g/mol. The molecule has 0 aliphatic carbocycles. The van der Waals surface area contributed by atoms with Crippen molar-refractivity contribution in [3.8, 4) is 0 Å². The summed E-state index contributed by atoms with van der Waals surface area (Å²) in [5.74, 6) is 0.380. The Kier molecular flexibility index (Phi) is 7.14. The van der Waals surface area contributed by atoms with Crippen LogP contribution in [-0.4, -0.2) is 38.9 Å². The van der Waals surface area contributed by atoms with Crippen LogP contribution < -0.4 is 4.31 Å². The van der Waals surface area contributed by atoms with Crippen molar-refractivity contribution in [3.05, 3.63) is 96.1 Å². The monoisotopic (exact) mass is 462 g/mol. The molecule has 4 rings (SSSR count). The van der Waals surface area contributed by atoms with Crippen LogP contribution in [0.4, 0.5) is 5.69 Å². The van der Waals surface area contributed by atoms with Crippen LogP contribution in [0.15, 0.2) is 89.8 Å². The summed E-state index contributed by atoms with van der Waals surface area (Å²) < 4.78 is 28.2. The molecule has 6 heteroatoms. The first-order valence-electron chi connectivity index (χ1n) is 11.4. The molecule has 0 spiro atoms. The Morgan fingerprint density at radius 2 is 1.45 bits per heavy atom. The summed E-state index contributed by atoms with van der Waals surface area (Å²) in [6, 6.07) is 26.0. The molecule has 172 valence electrons. The lowest BCUT2D eigenvalue weighted by atomic mass is 9.90. The summed E-state index contributed by atoms with van der Waals surface area (Å²) >= 11 is 0. The third-order valence-corrected chi connectivity index (χ3v) is 8.05. The van der Waals surface area contributed by atoms with E-state index >= 15 is 0 Å². The van der Waals surface area contributed by atoms with Gasteiger partial charge in [-0.1, -0.05) is 66.2 Å². The van der Waals surface area contributed by atoms with Crippen molar-refractivity contribution in [2.75, 3.05) is 23.9 Å². The first-order chi connectivity index (χ1) is 15.9. The van der Waals surface area contributed by atoms with Crippen LogP contribution in [0, 0.1) is 12.8 Å². The van der Waals surface area contributed by atoms with Gasteiger partial charge in [0, 0.05) is 13.1 Å². The third kappa shape index (κ3) is 5.63. The van der Waals surface area contributed by atoms with Crippen molar-refractivity contribution < 1.29 is 13.2 Å². The molecule has 1 amide bonds. The number of anilines is 1. The predicted molar refractivity (Wildman–Crippen MR) is 132 cm³/mol. The van der Waals surface area contributed by atoms with Gasteiger partial charge < -0.3 is 4.90 Å². The van der Waals surface area contributed by atoms with E-state index in [9.17, 15) is 13.2 Å². The number of aryl methyl sites for hydroxylation is 1. The van der Waals surface area contributed by atoms with Crippen LogP contribution in [0.25, 0.3) is 0 Å². The second-order valence-electron chi connectivity index (χ2n) is 8.67. The third-order valence-electron chi connectivity index (χ3n) is 6.27. The van der Waals surface area contributed by atoms with Gasteiger partial charge in [-0.15, -0.1) is 0 Å². The average molecular weight is 463 g/mol. The van der Waals surface area contributed by atoms with E-state index in [-0.39, 0.29) is 17.3 Å². The normalized spacial score (nSPS) is 14.8. The molecule has 0 aromatic heterocycles. The Morgan fingerprint density at radius 1 is 0.879 bits per heavy atom. The molecule has 33 heavy (non-hydrogen) atoms. The van der Waals surface area contributed by atoms with Gasteiger partial charge in [0.05, 0.1) is 10.6 Å². The maximum atomic E-state index is 13.5. The van der Waals surface area contributed by atoms with E-state index in [0.717, 1.165) is 24.8 Å². The number of para-hydroxylation sites is 1. The molecule has 0 unspecified atom stereocenters. The number of amides is 1. The number of carbonyl (C=O) groups excluding carboxylic acids is 1. The number of carbonyl (C=O) groups is 1. The largest absolute Gasteiger partial charge is 0.341 e. The predicted octanol–water partition coefficient (Wildman–Crippen LogP) is 4.67. The zero-order valence-electron chi connectivity index (χ0n) is 18.9. The lowest BCUT2D eigenvalue weighted by molar-refractivity contribution is -0.130. The minimum Gasteiger partial charge on any atom is -0.341 e. The van der Waals surface area contributed by atoms with E-state index in [1.807, 2.05) is 24.0 Å². The highest BCUT2D eigenvalue weighted by atomic mass is 32.2. The van der Waals surface area contributed by atoms with Crippen LogP contribution in [0.3, 0.4) is 0 Å². The van der Waals surface area contributed by atoms with E-state index in [0.29, 0.717) is 24.7 Å². The molecule has 1 aliphatic heterocycles. The lowest BCUT2D eigenvalue weighted by Gasteiger charge is -2.34. The molecule has 1 heterocycles. The lowest BCUT2D eigenvalue weighted by Crippen LogP contribution is -2.46. The van der Waals surface area contributed by atoms with Crippen LogP contribution in [-0.2, 0) is 21.2 Å². The van der Waals surface area contributed by atoms with Gasteiger partial charge in [-0.25, -0.2) is 8.42 Å². The second kappa shape index (κ2) is 10.2. The molecule has 3 aromatic rings. The number of likely N-dealkylation sites (tertiary alicyclic amines) is 1. The van der Waals surface area contributed by atoms with Gasteiger partial charge in [-0.3, -0.25) is 9.10 Å². The molecule has 0 saturated carbocycles. The standard InChI is InChI=1S/C27H30N2O3S/c1-22-12-14-26(15-13-22)33(31,32)29(25-10-6-3-7-11-25)21-27(30)28-18-16-24(17-19-28)20-23-8-4-2-5-9-23/h2-15,24H,16-21H2,1H3. The number of sulfonamides is 1. The van der Waals surface area contributed by atoms with Crippen LogP contribution in [0.5, 0.6) is 0 Å². The first-order valence-corrected chi connectivity index (χ1v) is 12.8. The highest BCUT2D eigenvalue weighted by Crippen LogP contribution is 2.26. The van der Waals surface area contributed by atoms with Crippen LogP contribution >= 0.6 is 0 Å². The van der Waals surface area contributed by atoms with Crippen molar-refractivity contribution in [1.29, 1.82) is 0 Å². The number of piperidine rings is 1. The zero-order valence-corrected chi connectivity index (χ0v) is 19.7. The van der Waals surface area contributed by atoms with E-state index in [1.165, 1.54) is 9.87 Å².